The molecule has 0 spiro atoms. The summed E-state index contributed by atoms with van der Waals surface area (Å²) in [6.07, 6.45) is 1.58. The number of hydrogen-bond acceptors (Lipinski definition) is 5. The number of nitrogens with zero attached hydrogens (tertiary/aromatic N) is 3. The molecule has 1 aromatic carbocycles. The Kier molecular flexibility index (Phi) is 4.38. The zero-order chi connectivity index (χ0) is 16.2. The monoisotopic (exact) mass is 315 g/mol. The number of aliphatic hydroxyl groups is 1. The molecule has 1 aromatic heterocycles. The minimum atomic E-state index is -0.805. The van der Waals surface area contributed by atoms with Crippen LogP contribution < -0.4 is 0 Å². The van der Waals surface area contributed by atoms with Crippen molar-refractivity contribution < 1.29 is 19.1 Å². The highest BCUT2D eigenvalue weighted by molar-refractivity contribution is 5.94. The molecule has 1 saturated heterocycles. The summed E-state index contributed by atoms with van der Waals surface area (Å²) in [5.74, 6) is -0.630. The van der Waals surface area contributed by atoms with Crippen molar-refractivity contribution in [2.24, 2.45) is 0 Å². The molecular weight excluding hydrogens is 298 g/mol. The van der Waals surface area contributed by atoms with Gasteiger partial charge in [-0.1, -0.05) is 30.3 Å². The van der Waals surface area contributed by atoms with Crippen LogP contribution in [-0.4, -0.2) is 57.4 Å². The molecular formula is C16H17N3O4. The van der Waals surface area contributed by atoms with Gasteiger partial charge in [-0.2, -0.15) is 0 Å². The first-order valence-corrected chi connectivity index (χ1v) is 7.30. The standard InChI is InChI=1S/C16H17N3O4/c20-13-7-18(6-12-4-2-1-3-5-12)15(21)9-19(8-13)16(22)14-10-23-11-17-14/h1-5,10-11,13,20H,6-9H2. The van der Waals surface area contributed by atoms with Crippen molar-refractivity contribution in [2.75, 3.05) is 19.6 Å². The first-order valence-electron chi connectivity index (χ1n) is 7.30. The molecule has 0 aliphatic carbocycles. The highest BCUT2D eigenvalue weighted by Gasteiger charge is 2.30. The summed E-state index contributed by atoms with van der Waals surface area (Å²) in [5.41, 5.74) is 1.10. The summed E-state index contributed by atoms with van der Waals surface area (Å²) in [7, 11) is 0. The number of carbonyl (C=O) groups excluding carboxylic acids is 2. The van der Waals surface area contributed by atoms with Gasteiger partial charge in [0, 0.05) is 19.6 Å². The maximum Gasteiger partial charge on any atom is 0.276 e. The molecule has 2 amide bonds. The molecule has 1 unspecified atom stereocenters. The number of oxazole rings is 1. The Bertz CT molecular complexity index is 672. The van der Waals surface area contributed by atoms with Gasteiger partial charge in [0.25, 0.3) is 5.91 Å². The van der Waals surface area contributed by atoms with Crippen LogP contribution >= 0.6 is 0 Å². The van der Waals surface area contributed by atoms with Crippen LogP contribution in [0.1, 0.15) is 16.1 Å². The second-order valence-corrected chi connectivity index (χ2v) is 5.47. The molecule has 7 nitrogen and oxygen atoms in total. The van der Waals surface area contributed by atoms with E-state index in [-0.39, 0.29) is 31.2 Å². The van der Waals surface area contributed by atoms with Gasteiger partial charge in [0.15, 0.2) is 12.1 Å². The van der Waals surface area contributed by atoms with Crippen LogP contribution in [-0.2, 0) is 11.3 Å². The highest BCUT2D eigenvalue weighted by Crippen LogP contribution is 2.12. The fourth-order valence-electron chi connectivity index (χ4n) is 2.59. The first kappa shape index (κ1) is 15.2. The van der Waals surface area contributed by atoms with E-state index in [0.717, 1.165) is 12.0 Å². The van der Waals surface area contributed by atoms with Crippen LogP contribution in [0.3, 0.4) is 0 Å². The molecule has 2 heterocycles. The fourth-order valence-corrected chi connectivity index (χ4v) is 2.59. The van der Waals surface area contributed by atoms with Crippen molar-refractivity contribution >= 4 is 11.8 Å². The van der Waals surface area contributed by atoms with Crippen LogP contribution in [0.2, 0.25) is 0 Å². The number of rotatable bonds is 3. The molecule has 7 heteroatoms. The lowest BCUT2D eigenvalue weighted by atomic mass is 10.2. The zero-order valence-electron chi connectivity index (χ0n) is 12.5. The van der Waals surface area contributed by atoms with Crippen LogP contribution in [0.4, 0.5) is 0 Å². The fraction of sp³-hybridized carbons (Fsp3) is 0.312. The minimum absolute atomic E-state index is 0.0860. The van der Waals surface area contributed by atoms with E-state index in [4.69, 9.17) is 4.42 Å². The van der Waals surface area contributed by atoms with Gasteiger partial charge in [0.2, 0.25) is 5.91 Å². The van der Waals surface area contributed by atoms with E-state index < -0.39 is 12.0 Å². The second-order valence-electron chi connectivity index (χ2n) is 5.47. The highest BCUT2D eigenvalue weighted by atomic mass is 16.3. The molecule has 2 aromatic rings. The first-order chi connectivity index (χ1) is 11.1. The van der Waals surface area contributed by atoms with E-state index in [2.05, 4.69) is 4.98 Å². The summed E-state index contributed by atoms with van der Waals surface area (Å²) in [6.45, 7) is 0.595. The number of hydrogen-bond donors (Lipinski definition) is 1. The van der Waals surface area contributed by atoms with Crippen molar-refractivity contribution in [1.82, 2.24) is 14.8 Å². The molecule has 1 aliphatic heterocycles. The maximum atomic E-state index is 12.4. The van der Waals surface area contributed by atoms with E-state index in [1.165, 1.54) is 11.2 Å². The lowest BCUT2D eigenvalue weighted by Gasteiger charge is -2.21. The number of aliphatic hydroxyl groups excluding tert-OH is 1. The van der Waals surface area contributed by atoms with Crippen molar-refractivity contribution in [3.05, 3.63) is 54.2 Å². The maximum absolute atomic E-state index is 12.4. The summed E-state index contributed by atoms with van der Waals surface area (Å²) < 4.78 is 4.80. The average Bonchev–Trinajstić information content (AvgIpc) is 3.03. The topological polar surface area (TPSA) is 86.9 Å². The largest absolute Gasteiger partial charge is 0.451 e. The summed E-state index contributed by atoms with van der Waals surface area (Å²) in [5, 5.41) is 10.1. The van der Waals surface area contributed by atoms with E-state index in [1.807, 2.05) is 30.3 Å². The van der Waals surface area contributed by atoms with Crippen LogP contribution in [0.25, 0.3) is 0 Å². The van der Waals surface area contributed by atoms with Gasteiger partial charge in [-0.05, 0) is 5.56 Å². The molecule has 23 heavy (non-hydrogen) atoms. The Balaban J connectivity index is 1.72. The minimum Gasteiger partial charge on any atom is -0.451 e. The van der Waals surface area contributed by atoms with Crippen molar-refractivity contribution in [1.29, 1.82) is 0 Å². The Morgan fingerprint density at radius 2 is 2.09 bits per heavy atom. The normalized spacial score (nSPS) is 18.8. The van der Waals surface area contributed by atoms with Crippen molar-refractivity contribution in [3.8, 4) is 0 Å². The van der Waals surface area contributed by atoms with Gasteiger partial charge in [-0.3, -0.25) is 9.59 Å². The summed E-state index contributed by atoms with van der Waals surface area (Å²) >= 11 is 0. The molecule has 0 saturated carbocycles. The Morgan fingerprint density at radius 3 is 2.78 bits per heavy atom. The number of amides is 2. The number of β-amino-alcohol motifs (C(OH)–C–C–N with tert-alkyl or cyclic N) is 1. The predicted molar refractivity (Wildman–Crippen MR) is 80.3 cm³/mol. The molecule has 3 rings (SSSR count). The lowest BCUT2D eigenvalue weighted by molar-refractivity contribution is -0.131. The van der Waals surface area contributed by atoms with E-state index in [9.17, 15) is 14.7 Å². The molecule has 1 fully saturated rings. The summed E-state index contributed by atoms with van der Waals surface area (Å²) in [6, 6.07) is 9.54. The molecule has 0 bridgehead atoms. The number of benzene rings is 1. The number of carbonyl (C=O) groups is 2. The van der Waals surface area contributed by atoms with Gasteiger partial charge in [-0.25, -0.2) is 4.98 Å². The molecule has 120 valence electrons. The Morgan fingerprint density at radius 1 is 1.30 bits per heavy atom. The van der Waals surface area contributed by atoms with E-state index >= 15 is 0 Å². The molecule has 0 radical (unpaired) electrons. The number of aromatic nitrogens is 1. The Hall–Kier alpha value is -2.67. The smallest absolute Gasteiger partial charge is 0.276 e. The van der Waals surface area contributed by atoms with Crippen LogP contribution in [0.5, 0.6) is 0 Å². The third kappa shape index (κ3) is 3.57. The van der Waals surface area contributed by atoms with Crippen molar-refractivity contribution in [3.63, 3.8) is 0 Å². The third-order valence-electron chi connectivity index (χ3n) is 3.70. The van der Waals surface area contributed by atoms with Gasteiger partial charge < -0.3 is 19.3 Å². The van der Waals surface area contributed by atoms with Gasteiger partial charge in [-0.15, -0.1) is 0 Å². The Labute approximate surface area is 133 Å². The SMILES string of the molecule is O=C1CN(C(=O)c2cocn2)CC(O)CN1Cc1ccccc1. The quantitative estimate of drug-likeness (QED) is 0.892. The second kappa shape index (κ2) is 6.62. The van der Waals surface area contributed by atoms with Gasteiger partial charge in [0.05, 0.1) is 6.10 Å². The van der Waals surface area contributed by atoms with Crippen molar-refractivity contribution in [2.45, 2.75) is 12.6 Å². The van der Waals surface area contributed by atoms with Gasteiger partial charge in [0.1, 0.15) is 12.8 Å². The van der Waals surface area contributed by atoms with E-state index in [0.29, 0.717) is 6.54 Å². The summed E-state index contributed by atoms with van der Waals surface area (Å²) in [4.78, 5) is 31.4. The van der Waals surface area contributed by atoms with Gasteiger partial charge >= 0.3 is 0 Å². The van der Waals surface area contributed by atoms with Crippen LogP contribution in [0.15, 0.2) is 47.4 Å². The lowest BCUT2D eigenvalue weighted by Crippen LogP contribution is -2.39. The van der Waals surface area contributed by atoms with Crippen LogP contribution in [0, 0.1) is 0 Å². The molecule has 1 atom stereocenters. The molecule has 1 N–H and O–H groups in total. The molecule has 1 aliphatic rings. The van der Waals surface area contributed by atoms with E-state index in [1.54, 1.807) is 4.90 Å². The third-order valence-corrected chi connectivity index (χ3v) is 3.70. The average molecular weight is 315 g/mol. The predicted octanol–water partition coefficient (Wildman–Crippen LogP) is 0.520. The zero-order valence-corrected chi connectivity index (χ0v) is 12.5.